The van der Waals surface area contributed by atoms with Gasteiger partial charge in [-0.15, -0.1) is 0 Å². The second kappa shape index (κ2) is 4.41. The van der Waals surface area contributed by atoms with Crippen LogP contribution in [0.3, 0.4) is 0 Å². The van der Waals surface area contributed by atoms with Gasteiger partial charge in [-0.2, -0.15) is 0 Å². The molecule has 0 aliphatic carbocycles. The quantitative estimate of drug-likeness (QED) is 0.443. The van der Waals surface area contributed by atoms with Gasteiger partial charge in [-0.25, -0.2) is 0 Å². The van der Waals surface area contributed by atoms with Crippen molar-refractivity contribution < 1.29 is 50.8 Å². The molecule has 4 N–H and O–H groups in total. The van der Waals surface area contributed by atoms with Gasteiger partial charge in [0.05, 0.1) is 0 Å². The molecule has 0 aromatic carbocycles. The molecule has 2 unspecified atom stereocenters. The Hall–Kier alpha value is -1.11. The van der Waals surface area contributed by atoms with Crippen molar-refractivity contribution in [3.63, 3.8) is 0 Å². The van der Waals surface area contributed by atoms with Crippen molar-refractivity contribution in [1.29, 1.82) is 0 Å². The predicted octanol–water partition coefficient (Wildman–Crippen LogP) is -1.30. The number of aliphatic carboxylic acids is 3. The maximum absolute atomic E-state index is 10.5. The summed E-state index contributed by atoms with van der Waals surface area (Å²) in [5.41, 5.74) is -2.86. The molecule has 0 aliphatic rings. The molecule has 0 rings (SSSR count). The Morgan fingerprint density at radius 3 is 1.86 bits per heavy atom. The first kappa shape index (κ1) is 12.9. The standard InChI is InChI=1S/C6H7O7.Mn/c7-3(8)1-6(13,5(11)12)2-4(9)10;/h1,13H,2H2,(H,7,8)(H,9,10)(H,11,12);. The summed E-state index contributed by atoms with van der Waals surface area (Å²) in [4.78, 5) is 29.2. The molecular weight excluding hydrogens is 239 g/mol. The molecule has 80 valence electrons. The molecule has 8 heteroatoms. The zero-order valence-corrected chi connectivity index (χ0v) is 7.86. The summed E-state index contributed by atoms with van der Waals surface area (Å²) < 4.78 is 0. The summed E-state index contributed by atoms with van der Waals surface area (Å²) in [6.45, 7) is 0. The maximum atomic E-state index is 10.5. The van der Waals surface area contributed by atoms with E-state index in [0.717, 1.165) is 0 Å². The zero-order chi connectivity index (χ0) is 11.5. The van der Waals surface area contributed by atoms with Gasteiger partial charge in [0, 0.05) is 0 Å². The van der Waals surface area contributed by atoms with Crippen LogP contribution in [0.1, 0.15) is 6.42 Å². The molecule has 0 aromatic rings. The predicted molar refractivity (Wildman–Crippen MR) is 36.2 cm³/mol. The Kier molecular flexibility index (Phi) is 4.06. The molecule has 0 spiro atoms. The van der Waals surface area contributed by atoms with Crippen LogP contribution in [0.4, 0.5) is 0 Å². The van der Waals surface area contributed by atoms with Crippen LogP contribution in [0, 0.1) is 0 Å². The molecule has 0 aromatic heterocycles. The minimum atomic E-state index is -2.86. The molecule has 0 aliphatic heterocycles. The number of carbonyl (C=O) groups is 3. The molecule has 0 amide bonds. The fourth-order valence-electron chi connectivity index (χ4n) is 0.708. The number of hydrogen-bond acceptors (Lipinski definition) is 4. The van der Waals surface area contributed by atoms with E-state index >= 15 is 0 Å². The van der Waals surface area contributed by atoms with E-state index in [1.807, 2.05) is 0 Å². The van der Waals surface area contributed by atoms with Crippen LogP contribution in [0.25, 0.3) is 0 Å². The van der Waals surface area contributed by atoms with Gasteiger partial charge in [0.2, 0.25) is 0 Å². The summed E-state index contributed by atoms with van der Waals surface area (Å²) in [6, 6.07) is 0. The van der Waals surface area contributed by atoms with E-state index in [0.29, 0.717) is 0 Å². The fourth-order valence-corrected chi connectivity index (χ4v) is 0.975. The summed E-state index contributed by atoms with van der Waals surface area (Å²) in [5.74, 6) is -5.18. The molecule has 0 saturated heterocycles. The van der Waals surface area contributed by atoms with Crippen molar-refractivity contribution in [1.82, 2.24) is 0 Å². The number of carboxylic acid groups (broad SMARTS) is 3. The zero-order valence-electron chi connectivity index (χ0n) is 6.68. The summed E-state index contributed by atoms with van der Waals surface area (Å²) >= 11 is 2.40. The second-order valence-corrected chi connectivity index (χ2v) is 3.18. The van der Waals surface area contributed by atoms with Crippen molar-refractivity contribution >= 4 is 17.9 Å². The average molecular weight is 246 g/mol. The monoisotopic (exact) mass is 246 g/mol. The Labute approximate surface area is 86.2 Å². The molecule has 0 saturated carbocycles. The van der Waals surface area contributed by atoms with Crippen molar-refractivity contribution in [2.24, 2.45) is 0 Å². The third-order valence-electron chi connectivity index (χ3n) is 1.43. The van der Waals surface area contributed by atoms with Crippen LogP contribution in [0.15, 0.2) is 0 Å². The molecule has 2 atom stereocenters. The van der Waals surface area contributed by atoms with Gasteiger partial charge < -0.3 is 0 Å². The third kappa shape index (κ3) is 2.69. The average Bonchev–Trinajstić information content (AvgIpc) is 2.00. The molecule has 0 bridgehead atoms. The van der Waals surface area contributed by atoms with E-state index in [1.165, 1.54) is 0 Å². The number of carboxylic acids is 3. The number of rotatable bonds is 5. The number of aliphatic hydroxyl groups is 1. The van der Waals surface area contributed by atoms with Crippen LogP contribution < -0.4 is 0 Å². The van der Waals surface area contributed by atoms with Crippen LogP contribution in [0.2, 0.25) is 4.82 Å². The van der Waals surface area contributed by atoms with Crippen LogP contribution in [0.5, 0.6) is 0 Å². The SMILES string of the molecule is O=C(O)CC(O)(C(=O)O)[CH]([Mn])C(=O)O. The molecule has 14 heavy (non-hydrogen) atoms. The third-order valence-corrected chi connectivity index (χ3v) is 2.28. The fraction of sp³-hybridized carbons (Fsp3) is 0.500. The summed E-state index contributed by atoms with van der Waals surface area (Å²) in [5, 5.41) is 34.5. The first-order valence-corrected chi connectivity index (χ1v) is 3.94. The molecule has 0 heterocycles. The molecule has 7 nitrogen and oxygen atoms in total. The topological polar surface area (TPSA) is 132 Å². The van der Waals surface area contributed by atoms with E-state index in [1.54, 1.807) is 0 Å². The van der Waals surface area contributed by atoms with Crippen molar-refractivity contribution in [2.45, 2.75) is 16.8 Å². The minimum absolute atomic E-state index is 1.20. The van der Waals surface area contributed by atoms with Gasteiger partial charge in [0.1, 0.15) is 0 Å². The summed E-state index contributed by atoms with van der Waals surface area (Å²) in [6.07, 6.45) is -1.20. The molecule has 0 radical (unpaired) electrons. The van der Waals surface area contributed by atoms with Crippen LogP contribution >= 0.6 is 0 Å². The van der Waals surface area contributed by atoms with E-state index in [2.05, 4.69) is 16.0 Å². The van der Waals surface area contributed by atoms with Crippen molar-refractivity contribution in [3.05, 3.63) is 0 Å². The van der Waals surface area contributed by atoms with Crippen LogP contribution in [-0.2, 0) is 30.4 Å². The normalized spacial score (nSPS) is 16.7. The number of hydrogen-bond donors (Lipinski definition) is 4. The molecule has 0 fully saturated rings. The summed E-state index contributed by atoms with van der Waals surface area (Å²) in [7, 11) is 0. The van der Waals surface area contributed by atoms with E-state index in [4.69, 9.17) is 15.3 Å². The molecular formula is C6H7MnO7. The van der Waals surface area contributed by atoms with Crippen molar-refractivity contribution in [3.8, 4) is 0 Å². The van der Waals surface area contributed by atoms with Gasteiger partial charge >= 0.3 is 85.6 Å². The van der Waals surface area contributed by atoms with Crippen LogP contribution in [-0.4, -0.2) is 43.9 Å². The van der Waals surface area contributed by atoms with Crippen molar-refractivity contribution in [2.75, 3.05) is 0 Å². The van der Waals surface area contributed by atoms with Gasteiger partial charge in [-0.05, 0) is 0 Å². The second-order valence-electron chi connectivity index (χ2n) is 2.50. The van der Waals surface area contributed by atoms with Gasteiger partial charge in [0.15, 0.2) is 0 Å². The van der Waals surface area contributed by atoms with E-state index in [-0.39, 0.29) is 0 Å². The first-order valence-electron chi connectivity index (χ1n) is 3.26. The van der Waals surface area contributed by atoms with Gasteiger partial charge in [-0.1, -0.05) is 0 Å². The Balaban J connectivity index is 4.99. The van der Waals surface area contributed by atoms with Gasteiger partial charge in [-0.3, -0.25) is 0 Å². The van der Waals surface area contributed by atoms with E-state index < -0.39 is 34.7 Å². The Morgan fingerprint density at radius 2 is 1.64 bits per heavy atom. The first-order chi connectivity index (χ1) is 6.21. The Morgan fingerprint density at radius 1 is 1.21 bits per heavy atom. The Bertz CT molecular complexity index is 275. The van der Waals surface area contributed by atoms with E-state index in [9.17, 15) is 19.5 Å². The van der Waals surface area contributed by atoms with Gasteiger partial charge in [0.25, 0.3) is 0 Å².